The number of anilines is 2. The van der Waals surface area contributed by atoms with Gasteiger partial charge in [-0.2, -0.15) is 0 Å². The van der Waals surface area contributed by atoms with E-state index in [-0.39, 0.29) is 48.3 Å². The van der Waals surface area contributed by atoms with Crippen molar-refractivity contribution in [2.24, 2.45) is 17.6 Å². The SMILES string of the molecule is CN(C)c1cc(CNC(=O)Nc2ccc3c(c2)OCC3)c(O)c2c1C[C@H]1C[C@H]3CC(=O)C(C(N)=O)=C(O)[C@@]3(O)C(=O)C1=C2O. The monoisotopic (exact) mass is 604 g/mol. The lowest BCUT2D eigenvalue weighted by Gasteiger charge is -2.46. The lowest BCUT2D eigenvalue weighted by Crippen LogP contribution is -2.58. The van der Waals surface area contributed by atoms with Crippen molar-refractivity contribution in [2.75, 3.05) is 30.9 Å². The van der Waals surface area contributed by atoms with Gasteiger partial charge in [0.25, 0.3) is 5.91 Å². The van der Waals surface area contributed by atoms with Gasteiger partial charge in [-0.3, -0.25) is 14.4 Å². The number of carbonyl (C=O) groups is 4. The number of hydrogen-bond acceptors (Lipinski definition) is 10. The van der Waals surface area contributed by atoms with Gasteiger partial charge in [-0.25, -0.2) is 4.79 Å². The fraction of sp³-hybridized carbons (Fsp3) is 0.355. The first kappa shape index (κ1) is 29.1. The summed E-state index contributed by atoms with van der Waals surface area (Å²) in [5, 5.41) is 50.5. The van der Waals surface area contributed by atoms with Crippen molar-refractivity contribution in [1.82, 2.24) is 5.32 Å². The van der Waals surface area contributed by atoms with Crippen LogP contribution in [-0.4, -0.2) is 70.2 Å². The van der Waals surface area contributed by atoms with E-state index in [1.165, 1.54) is 0 Å². The molecule has 0 bridgehead atoms. The van der Waals surface area contributed by atoms with Gasteiger partial charge in [0.1, 0.15) is 28.6 Å². The van der Waals surface area contributed by atoms with Gasteiger partial charge in [0.15, 0.2) is 11.4 Å². The summed E-state index contributed by atoms with van der Waals surface area (Å²) in [6.45, 7) is 0.435. The van der Waals surface area contributed by atoms with Crippen LogP contribution in [0.4, 0.5) is 16.2 Å². The Morgan fingerprint density at radius 2 is 1.89 bits per heavy atom. The molecule has 3 amide bonds. The number of hydrogen-bond donors (Lipinski definition) is 7. The van der Waals surface area contributed by atoms with Crippen LogP contribution in [0.2, 0.25) is 0 Å². The van der Waals surface area contributed by atoms with Crippen molar-refractivity contribution in [2.45, 2.75) is 37.8 Å². The molecule has 0 spiro atoms. The molecule has 1 heterocycles. The second kappa shape index (κ2) is 10.3. The van der Waals surface area contributed by atoms with Crippen LogP contribution in [0.25, 0.3) is 5.76 Å². The van der Waals surface area contributed by atoms with Crippen LogP contribution in [0, 0.1) is 11.8 Å². The van der Waals surface area contributed by atoms with Crippen molar-refractivity contribution in [3.8, 4) is 11.5 Å². The van der Waals surface area contributed by atoms with E-state index < -0.39 is 58.0 Å². The van der Waals surface area contributed by atoms with Gasteiger partial charge in [0.2, 0.25) is 5.78 Å². The number of benzene rings is 2. The fourth-order valence-electron chi connectivity index (χ4n) is 6.85. The number of rotatable bonds is 5. The zero-order valence-corrected chi connectivity index (χ0v) is 24.1. The molecule has 0 saturated heterocycles. The number of aromatic hydroxyl groups is 1. The lowest BCUT2D eigenvalue weighted by atomic mass is 9.59. The van der Waals surface area contributed by atoms with Crippen molar-refractivity contribution in [3.63, 3.8) is 0 Å². The molecule has 3 aliphatic carbocycles. The van der Waals surface area contributed by atoms with Crippen molar-refractivity contribution < 1.29 is 44.3 Å². The number of primary amides is 1. The van der Waals surface area contributed by atoms with E-state index in [9.17, 15) is 39.6 Å². The molecule has 13 nitrogen and oxygen atoms in total. The Morgan fingerprint density at radius 3 is 2.59 bits per heavy atom. The number of phenols is 1. The molecule has 2 aromatic rings. The van der Waals surface area contributed by atoms with Gasteiger partial charge in [-0.15, -0.1) is 0 Å². The van der Waals surface area contributed by atoms with Crippen LogP contribution in [-0.2, 0) is 33.8 Å². The van der Waals surface area contributed by atoms with Crippen LogP contribution in [0.5, 0.6) is 11.5 Å². The van der Waals surface area contributed by atoms with Crippen molar-refractivity contribution in [3.05, 3.63) is 63.4 Å². The molecular weight excluding hydrogens is 572 g/mol. The molecule has 8 N–H and O–H groups in total. The highest BCUT2D eigenvalue weighted by molar-refractivity contribution is 6.22. The van der Waals surface area contributed by atoms with Gasteiger partial charge in [0, 0.05) is 68.0 Å². The first-order chi connectivity index (χ1) is 20.8. The number of carbonyl (C=O) groups excluding carboxylic acids is 4. The quantitative estimate of drug-likeness (QED) is 0.246. The Bertz CT molecular complexity index is 1730. The molecule has 1 aliphatic heterocycles. The predicted octanol–water partition coefficient (Wildman–Crippen LogP) is 1.75. The normalized spacial score (nSPS) is 23.7. The number of fused-ring (bicyclic) bond motifs is 4. The number of nitrogens with zero attached hydrogens (tertiary/aromatic N) is 1. The zero-order chi connectivity index (χ0) is 31.7. The molecule has 44 heavy (non-hydrogen) atoms. The smallest absolute Gasteiger partial charge is 0.319 e. The number of amides is 3. The van der Waals surface area contributed by atoms with Gasteiger partial charge in [-0.05, 0) is 42.0 Å². The molecule has 0 aromatic heterocycles. The second-order valence-corrected chi connectivity index (χ2v) is 11.8. The minimum Gasteiger partial charge on any atom is -0.508 e. The summed E-state index contributed by atoms with van der Waals surface area (Å²) in [5.74, 6) is -6.22. The van der Waals surface area contributed by atoms with Gasteiger partial charge >= 0.3 is 6.03 Å². The molecule has 0 radical (unpaired) electrons. The Labute approximate surface area is 251 Å². The van der Waals surface area contributed by atoms with Gasteiger partial charge in [0.05, 0.1) is 12.2 Å². The number of urea groups is 1. The first-order valence-corrected chi connectivity index (χ1v) is 14.2. The molecule has 1 fully saturated rings. The van der Waals surface area contributed by atoms with E-state index in [2.05, 4.69) is 10.6 Å². The maximum atomic E-state index is 13.8. The summed E-state index contributed by atoms with van der Waals surface area (Å²) in [7, 11) is 3.53. The molecule has 3 atom stereocenters. The Hall–Kier alpha value is -5.04. The third-order valence-electron chi connectivity index (χ3n) is 8.99. The van der Waals surface area contributed by atoms with Crippen molar-refractivity contribution in [1.29, 1.82) is 0 Å². The Morgan fingerprint density at radius 1 is 1.14 bits per heavy atom. The highest BCUT2D eigenvalue weighted by Gasteiger charge is 2.60. The van der Waals surface area contributed by atoms with Crippen molar-refractivity contribution >= 4 is 40.6 Å². The van der Waals surface area contributed by atoms with Gasteiger partial charge in [-0.1, -0.05) is 6.07 Å². The van der Waals surface area contributed by atoms with E-state index in [0.29, 0.717) is 29.3 Å². The first-order valence-electron chi connectivity index (χ1n) is 14.2. The van der Waals surface area contributed by atoms with E-state index in [0.717, 1.165) is 12.0 Å². The summed E-state index contributed by atoms with van der Waals surface area (Å²) >= 11 is 0. The number of aliphatic hydroxyl groups is 3. The minimum atomic E-state index is -2.64. The van der Waals surface area contributed by atoms with Crippen LogP contribution in [0.15, 0.2) is 41.2 Å². The number of aliphatic hydroxyl groups excluding tert-OH is 2. The summed E-state index contributed by atoms with van der Waals surface area (Å²) in [4.78, 5) is 52.7. The Kier molecular flexibility index (Phi) is 6.80. The molecule has 4 aliphatic rings. The molecule has 6 rings (SSSR count). The molecule has 230 valence electrons. The molecule has 0 unspecified atom stereocenters. The summed E-state index contributed by atoms with van der Waals surface area (Å²) in [5.41, 5.74) is 4.45. The topological polar surface area (TPSA) is 212 Å². The minimum absolute atomic E-state index is 0.0355. The number of ketones is 2. The van der Waals surface area contributed by atoms with Crippen LogP contribution < -0.4 is 26.0 Å². The van der Waals surface area contributed by atoms with E-state index in [4.69, 9.17) is 10.5 Å². The molecule has 1 saturated carbocycles. The average molecular weight is 605 g/mol. The Balaban J connectivity index is 1.34. The number of Topliss-reactive ketones (excluding diaryl/α,β-unsaturated/α-hetero) is 2. The van der Waals surface area contributed by atoms with E-state index >= 15 is 0 Å². The summed E-state index contributed by atoms with van der Waals surface area (Å²) in [6.07, 6.45) is 0.617. The number of ether oxygens (including phenoxy) is 1. The maximum Gasteiger partial charge on any atom is 0.319 e. The number of nitrogens with one attached hydrogen (secondary N) is 2. The number of nitrogens with two attached hydrogens (primary N) is 1. The van der Waals surface area contributed by atoms with Crippen LogP contribution in [0.3, 0.4) is 0 Å². The van der Waals surface area contributed by atoms with Crippen LogP contribution >= 0.6 is 0 Å². The average Bonchev–Trinajstić information content (AvgIpc) is 3.42. The van der Waals surface area contributed by atoms with Crippen LogP contribution in [0.1, 0.15) is 35.1 Å². The number of phenolic OH excluding ortho intramolecular Hbond substituents is 1. The van der Waals surface area contributed by atoms with E-state index in [1.807, 2.05) is 6.07 Å². The molecular formula is C31H32N4O9. The van der Waals surface area contributed by atoms with Gasteiger partial charge < -0.3 is 46.4 Å². The summed E-state index contributed by atoms with van der Waals surface area (Å²) < 4.78 is 5.54. The maximum absolute atomic E-state index is 13.8. The lowest BCUT2D eigenvalue weighted by molar-refractivity contribution is -0.147. The highest BCUT2D eigenvalue weighted by Crippen LogP contribution is 2.53. The predicted molar refractivity (Wildman–Crippen MR) is 157 cm³/mol. The summed E-state index contributed by atoms with van der Waals surface area (Å²) in [6, 6.07) is 6.49. The fourth-order valence-corrected chi connectivity index (χ4v) is 6.85. The largest absolute Gasteiger partial charge is 0.508 e. The highest BCUT2D eigenvalue weighted by atomic mass is 16.5. The third-order valence-corrected chi connectivity index (χ3v) is 8.99. The molecule has 13 heteroatoms. The van der Waals surface area contributed by atoms with E-state index in [1.54, 1.807) is 37.2 Å². The second-order valence-electron chi connectivity index (χ2n) is 11.8. The third kappa shape index (κ3) is 4.34. The standard InChI is InChI=1S/C31H32N4O9/c1-35(2)19-9-15(12-33-30(42)34-17-4-3-13-5-6-44-21(13)11-17)25(37)23-18(19)8-14-7-16-10-20(36)24(29(32)41)28(40)31(16,43)27(39)22(14)26(23)38/h3-4,9,11,14,16,37-38,40,43H,5-8,10,12H2,1-2H3,(H2,32,41)(H2,33,34,42)/t14-,16+,31+/m1/s1. The molecule has 2 aromatic carbocycles. The zero-order valence-electron chi connectivity index (χ0n) is 24.1.